The Morgan fingerprint density at radius 1 is 1.29 bits per heavy atom. The van der Waals surface area contributed by atoms with Crippen LogP contribution in [-0.2, 0) is 0 Å². The molecule has 0 spiro atoms. The fourth-order valence-corrected chi connectivity index (χ4v) is 2.39. The van der Waals surface area contributed by atoms with E-state index in [9.17, 15) is 0 Å². The molecular formula is C10H11BrN3+. The normalized spacial score (nSPS) is 15.6. The Morgan fingerprint density at radius 2 is 2.00 bits per heavy atom. The van der Waals surface area contributed by atoms with Crippen molar-refractivity contribution in [3.8, 4) is 0 Å². The van der Waals surface area contributed by atoms with Crippen LogP contribution >= 0.6 is 15.9 Å². The largest absolute Gasteiger partial charge is 0.386 e. The lowest BCUT2D eigenvalue weighted by molar-refractivity contribution is 0.949. The molecule has 2 rings (SSSR count). The summed E-state index contributed by atoms with van der Waals surface area (Å²) in [5, 5.41) is 8.61. The molecule has 1 aromatic carbocycles. The van der Waals surface area contributed by atoms with Crippen LogP contribution in [0.4, 0.5) is 11.4 Å². The van der Waals surface area contributed by atoms with Crippen LogP contribution in [-0.4, -0.2) is 13.1 Å². The fourth-order valence-electron chi connectivity index (χ4n) is 1.77. The third-order valence-corrected chi connectivity index (χ3v) is 3.13. The number of halogens is 1. The molecule has 0 saturated carbocycles. The SMILES string of the molecule is N#[N+]c1ccc(N2CCCC2)c(Br)c1. The number of benzene rings is 1. The summed E-state index contributed by atoms with van der Waals surface area (Å²) in [6, 6.07) is 5.64. The quantitative estimate of drug-likeness (QED) is 0.717. The van der Waals surface area contributed by atoms with E-state index < -0.39 is 0 Å². The van der Waals surface area contributed by atoms with Gasteiger partial charge in [-0.3, -0.25) is 0 Å². The van der Waals surface area contributed by atoms with Gasteiger partial charge in [-0.05, 0) is 34.8 Å². The number of hydrogen-bond acceptors (Lipinski definition) is 2. The van der Waals surface area contributed by atoms with Crippen molar-refractivity contribution in [1.29, 1.82) is 5.39 Å². The number of rotatable bonds is 1. The van der Waals surface area contributed by atoms with Gasteiger partial charge in [0.05, 0.1) is 5.69 Å². The molecule has 14 heavy (non-hydrogen) atoms. The minimum Gasteiger partial charge on any atom is -0.371 e. The molecule has 3 nitrogen and oxygen atoms in total. The molecule has 0 radical (unpaired) electrons. The van der Waals surface area contributed by atoms with Gasteiger partial charge in [-0.1, -0.05) is 0 Å². The van der Waals surface area contributed by atoms with E-state index in [1.807, 2.05) is 18.2 Å². The van der Waals surface area contributed by atoms with Crippen LogP contribution in [0.3, 0.4) is 0 Å². The highest BCUT2D eigenvalue weighted by Crippen LogP contribution is 2.32. The predicted octanol–water partition coefficient (Wildman–Crippen LogP) is 3.53. The van der Waals surface area contributed by atoms with Gasteiger partial charge < -0.3 is 4.90 Å². The molecule has 1 fully saturated rings. The first-order valence-corrected chi connectivity index (χ1v) is 5.50. The lowest BCUT2D eigenvalue weighted by Gasteiger charge is -2.18. The van der Waals surface area contributed by atoms with E-state index in [-0.39, 0.29) is 0 Å². The molecule has 1 saturated heterocycles. The molecule has 0 unspecified atom stereocenters. The monoisotopic (exact) mass is 252 g/mol. The van der Waals surface area contributed by atoms with Crippen LogP contribution in [0.25, 0.3) is 4.98 Å². The highest BCUT2D eigenvalue weighted by atomic mass is 79.9. The summed E-state index contributed by atoms with van der Waals surface area (Å²) in [5.41, 5.74) is 1.77. The molecule has 0 aromatic heterocycles. The molecule has 1 heterocycles. The third-order valence-electron chi connectivity index (χ3n) is 2.49. The second-order valence-corrected chi connectivity index (χ2v) is 4.28. The van der Waals surface area contributed by atoms with Crippen molar-refractivity contribution in [2.45, 2.75) is 12.8 Å². The molecule has 1 aliphatic heterocycles. The van der Waals surface area contributed by atoms with Gasteiger partial charge in [0.1, 0.15) is 0 Å². The van der Waals surface area contributed by atoms with Crippen molar-refractivity contribution in [3.05, 3.63) is 27.6 Å². The van der Waals surface area contributed by atoms with E-state index in [1.54, 1.807) is 0 Å². The lowest BCUT2D eigenvalue weighted by Crippen LogP contribution is -2.17. The molecular weight excluding hydrogens is 242 g/mol. The minimum atomic E-state index is 0.583. The Morgan fingerprint density at radius 3 is 2.57 bits per heavy atom. The van der Waals surface area contributed by atoms with Crippen LogP contribution in [0, 0.1) is 5.39 Å². The standard InChI is InChI=1S/C10H11BrN3/c11-9-7-8(13-12)3-4-10(9)14-5-1-2-6-14/h3-4,7H,1-2,5-6H2/q+1. The first kappa shape index (κ1) is 9.47. The van der Waals surface area contributed by atoms with E-state index in [0.717, 1.165) is 17.6 Å². The summed E-state index contributed by atoms with van der Waals surface area (Å²) in [5.74, 6) is 0. The number of anilines is 1. The summed E-state index contributed by atoms with van der Waals surface area (Å²) in [4.78, 5) is 5.49. The van der Waals surface area contributed by atoms with Crippen molar-refractivity contribution in [1.82, 2.24) is 0 Å². The molecule has 0 amide bonds. The van der Waals surface area contributed by atoms with Gasteiger partial charge in [-0.2, -0.15) is 0 Å². The molecule has 0 atom stereocenters. The summed E-state index contributed by atoms with van der Waals surface area (Å²) in [7, 11) is 0. The Hall–Kier alpha value is -1.08. The summed E-state index contributed by atoms with van der Waals surface area (Å²) in [6.07, 6.45) is 2.52. The summed E-state index contributed by atoms with van der Waals surface area (Å²) in [6.45, 7) is 2.24. The van der Waals surface area contributed by atoms with Crippen molar-refractivity contribution in [2.24, 2.45) is 0 Å². The number of nitrogens with zero attached hydrogens (tertiary/aromatic N) is 3. The van der Waals surface area contributed by atoms with Crippen LogP contribution in [0.2, 0.25) is 0 Å². The highest BCUT2D eigenvalue weighted by Gasteiger charge is 2.17. The van der Waals surface area contributed by atoms with Crippen molar-refractivity contribution in [2.75, 3.05) is 18.0 Å². The predicted molar refractivity (Wildman–Crippen MR) is 60.3 cm³/mol. The fraction of sp³-hybridized carbons (Fsp3) is 0.400. The zero-order valence-electron chi connectivity index (χ0n) is 7.78. The average molecular weight is 253 g/mol. The molecule has 1 aliphatic rings. The second-order valence-electron chi connectivity index (χ2n) is 3.43. The number of diazo groups is 1. The third kappa shape index (κ3) is 1.73. The molecule has 0 N–H and O–H groups in total. The maximum atomic E-state index is 8.61. The maximum absolute atomic E-state index is 8.61. The first-order valence-electron chi connectivity index (χ1n) is 4.71. The minimum absolute atomic E-state index is 0.583. The van der Waals surface area contributed by atoms with Gasteiger partial charge in [0.2, 0.25) is 5.39 Å². The number of hydrogen-bond donors (Lipinski definition) is 0. The van der Waals surface area contributed by atoms with Gasteiger partial charge in [-0.25, -0.2) is 0 Å². The van der Waals surface area contributed by atoms with Crippen LogP contribution in [0.1, 0.15) is 12.8 Å². The maximum Gasteiger partial charge on any atom is 0.386 e. The van der Waals surface area contributed by atoms with E-state index in [2.05, 4.69) is 25.8 Å². The molecule has 1 aromatic rings. The molecule has 0 aliphatic carbocycles. The van der Waals surface area contributed by atoms with Crippen molar-refractivity contribution in [3.63, 3.8) is 0 Å². The van der Waals surface area contributed by atoms with E-state index in [1.165, 1.54) is 18.5 Å². The average Bonchev–Trinajstić information content (AvgIpc) is 2.70. The zero-order valence-corrected chi connectivity index (χ0v) is 9.37. The van der Waals surface area contributed by atoms with E-state index >= 15 is 0 Å². The van der Waals surface area contributed by atoms with Crippen LogP contribution in [0.15, 0.2) is 22.7 Å². The van der Waals surface area contributed by atoms with Crippen molar-refractivity contribution < 1.29 is 0 Å². The Kier molecular flexibility index (Phi) is 2.69. The highest BCUT2D eigenvalue weighted by molar-refractivity contribution is 9.10. The van der Waals surface area contributed by atoms with Gasteiger partial charge in [-0.15, -0.1) is 0 Å². The molecule has 0 bridgehead atoms. The van der Waals surface area contributed by atoms with E-state index in [0.29, 0.717) is 5.69 Å². The van der Waals surface area contributed by atoms with Gasteiger partial charge in [0.15, 0.2) is 4.98 Å². The van der Waals surface area contributed by atoms with Gasteiger partial charge in [0, 0.05) is 29.7 Å². The van der Waals surface area contributed by atoms with Gasteiger partial charge in [0.25, 0.3) is 0 Å². The zero-order chi connectivity index (χ0) is 9.97. The molecule has 4 heteroatoms. The van der Waals surface area contributed by atoms with E-state index in [4.69, 9.17) is 5.39 Å². The smallest absolute Gasteiger partial charge is 0.371 e. The summed E-state index contributed by atoms with van der Waals surface area (Å²) >= 11 is 3.49. The topological polar surface area (TPSA) is 31.4 Å². The lowest BCUT2D eigenvalue weighted by atomic mass is 10.2. The molecule has 72 valence electrons. The first-order chi connectivity index (χ1) is 6.81. The van der Waals surface area contributed by atoms with Gasteiger partial charge >= 0.3 is 5.69 Å². The Labute approximate surface area is 91.5 Å². The Bertz CT molecular complexity index is 377. The Balaban J connectivity index is 2.30. The second kappa shape index (κ2) is 3.97. The van der Waals surface area contributed by atoms with Crippen LogP contribution in [0.5, 0.6) is 0 Å². The van der Waals surface area contributed by atoms with Crippen LogP contribution < -0.4 is 4.90 Å². The van der Waals surface area contributed by atoms with Crippen molar-refractivity contribution >= 4 is 27.3 Å². The summed E-state index contributed by atoms with van der Waals surface area (Å²) < 4.78 is 0.995.